The number of guanidine groups is 1. The number of rotatable bonds is 6. The average Bonchev–Trinajstić information content (AvgIpc) is 2.54. The number of ether oxygens (including phenoxy) is 2. The van der Waals surface area contributed by atoms with Gasteiger partial charge in [0.1, 0.15) is 18.1 Å². The lowest BCUT2D eigenvalue weighted by atomic mass is 10.2. The van der Waals surface area contributed by atoms with E-state index in [1.807, 2.05) is 24.3 Å². The maximum atomic E-state index is 6.00. The van der Waals surface area contributed by atoms with Gasteiger partial charge in [-0.15, -0.1) is 5.10 Å². The molecule has 6 nitrogen and oxygen atoms in total. The van der Waals surface area contributed by atoms with Gasteiger partial charge in [0.2, 0.25) is 5.96 Å². The fraction of sp³-hybridized carbons (Fsp3) is 0.125. The van der Waals surface area contributed by atoms with E-state index in [9.17, 15) is 0 Å². The van der Waals surface area contributed by atoms with E-state index >= 15 is 0 Å². The second kappa shape index (κ2) is 8.05. The van der Waals surface area contributed by atoms with E-state index in [-0.39, 0.29) is 5.96 Å². The monoisotopic (exact) mass is 332 g/mol. The minimum Gasteiger partial charge on any atom is -0.497 e. The maximum absolute atomic E-state index is 6.00. The fourth-order valence-electron chi connectivity index (χ4n) is 1.83. The van der Waals surface area contributed by atoms with Crippen LogP contribution in [0.25, 0.3) is 0 Å². The Labute approximate surface area is 139 Å². The maximum Gasteiger partial charge on any atom is 0.211 e. The number of nitrogens with zero attached hydrogens (tertiary/aromatic N) is 2. The molecule has 0 bridgehead atoms. The Morgan fingerprint density at radius 2 is 2.04 bits per heavy atom. The molecule has 0 aliphatic heterocycles. The number of hydrogen-bond donors (Lipinski definition) is 2. The van der Waals surface area contributed by atoms with Crippen molar-refractivity contribution in [3.63, 3.8) is 0 Å². The molecule has 0 aliphatic rings. The second-order valence-electron chi connectivity index (χ2n) is 4.59. The molecule has 7 heteroatoms. The van der Waals surface area contributed by atoms with Crippen LogP contribution in [0.2, 0.25) is 5.02 Å². The summed E-state index contributed by atoms with van der Waals surface area (Å²) in [5.41, 5.74) is 12.1. The molecule has 0 amide bonds. The van der Waals surface area contributed by atoms with Crippen molar-refractivity contribution in [1.29, 1.82) is 0 Å². The second-order valence-corrected chi connectivity index (χ2v) is 5.03. The van der Waals surface area contributed by atoms with Crippen molar-refractivity contribution in [3.05, 3.63) is 58.6 Å². The van der Waals surface area contributed by atoms with Crippen LogP contribution in [0, 0.1) is 0 Å². The van der Waals surface area contributed by atoms with E-state index in [2.05, 4.69) is 10.2 Å². The summed E-state index contributed by atoms with van der Waals surface area (Å²) in [6.07, 6.45) is 1.48. The zero-order valence-corrected chi connectivity index (χ0v) is 13.3. The summed E-state index contributed by atoms with van der Waals surface area (Å²) in [5.74, 6) is 1.27. The molecular formula is C16H17ClN4O2. The van der Waals surface area contributed by atoms with Crippen LogP contribution in [0.5, 0.6) is 11.5 Å². The third-order valence-corrected chi connectivity index (χ3v) is 3.11. The van der Waals surface area contributed by atoms with Crippen molar-refractivity contribution in [2.75, 3.05) is 7.11 Å². The van der Waals surface area contributed by atoms with Crippen LogP contribution < -0.4 is 20.9 Å². The quantitative estimate of drug-likeness (QED) is 0.482. The normalized spacial score (nSPS) is 10.5. The highest BCUT2D eigenvalue weighted by Gasteiger charge is 2.04. The third-order valence-electron chi connectivity index (χ3n) is 2.87. The van der Waals surface area contributed by atoms with Crippen LogP contribution >= 0.6 is 11.6 Å². The molecule has 0 saturated heterocycles. The van der Waals surface area contributed by atoms with Crippen molar-refractivity contribution < 1.29 is 9.47 Å². The summed E-state index contributed by atoms with van der Waals surface area (Å²) in [4.78, 5) is 0. The van der Waals surface area contributed by atoms with Crippen molar-refractivity contribution in [1.82, 2.24) is 0 Å². The molecule has 4 N–H and O–H groups in total. The van der Waals surface area contributed by atoms with Crippen LogP contribution in [-0.4, -0.2) is 19.3 Å². The largest absolute Gasteiger partial charge is 0.497 e. The summed E-state index contributed by atoms with van der Waals surface area (Å²) < 4.78 is 11.0. The van der Waals surface area contributed by atoms with Gasteiger partial charge < -0.3 is 20.9 Å². The van der Waals surface area contributed by atoms with E-state index in [0.29, 0.717) is 22.9 Å². The molecule has 0 spiro atoms. The SMILES string of the molecule is COc1cccc(COc2ccc(Cl)cc2C=NN=C(N)N)c1. The number of halogens is 1. The molecule has 23 heavy (non-hydrogen) atoms. The Hall–Kier alpha value is -2.73. The Kier molecular flexibility index (Phi) is 5.82. The van der Waals surface area contributed by atoms with Gasteiger partial charge in [-0.3, -0.25) is 0 Å². The zero-order valence-electron chi connectivity index (χ0n) is 12.6. The molecule has 0 radical (unpaired) electrons. The van der Waals surface area contributed by atoms with Crippen LogP contribution in [0.1, 0.15) is 11.1 Å². The van der Waals surface area contributed by atoms with Gasteiger partial charge in [0.25, 0.3) is 0 Å². The molecule has 0 unspecified atom stereocenters. The van der Waals surface area contributed by atoms with Crippen molar-refractivity contribution in [2.45, 2.75) is 6.61 Å². The summed E-state index contributed by atoms with van der Waals surface area (Å²) in [6.45, 7) is 0.377. The molecule has 0 aromatic heterocycles. The topological polar surface area (TPSA) is 95.2 Å². The summed E-state index contributed by atoms with van der Waals surface area (Å²) in [6, 6.07) is 12.8. The molecule has 2 aromatic carbocycles. The smallest absolute Gasteiger partial charge is 0.211 e. The van der Waals surface area contributed by atoms with Crippen LogP contribution in [0.4, 0.5) is 0 Å². The van der Waals surface area contributed by atoms with Gasteiger partial charge in [0, 0.05) is 10.6 Å². The van der Waals surface area contributed by atoms with Crippen LogP contribution in [-0.2, 0) is 6.61 Å². The van der Waals surface area contributed by atoms with Gasteiger partial charge >= 0.3 is 0 Å². The molecule has 0 heterocycles. The van der Waals surface area contributed by atoms with Crippen molar-refractivity contribution in [3.8, 4) is 11.5 Å². The van der Waals surface area contributed by atoms with Gasteiger partial charge in [-0.1, -0.05) is 23.7 Å². The van der Waals surface area contributed by atoms with E-state index in [1.54, 1.807) is 25.3 Å². The van der Waals surface area contributed by atoms with E-state index in [4.69, 9.17) is 32.5 Å². The molecule has 0 fully saturated rings. The van der Waals surface area contributed by atoms with Gasteiger partial charge in [-0.05, 0) is 35.9 Å². The van der Waals surface area contributed by atoms with Crippen LogP contribution in [0.3, 0.4) is 0 Å². The molecule has 2 rings (SSSR count). The number of nitrogens with two attached hydrogens (primary N) is 2. The molecule has 0 aliphatic carbocycles. The Bertz CT molecular complexity index is 728. The molecule has 0 atom stereocenters. The first-order chi connectivity index (χ1) is 11.1. The minimum atomic E-state index is -0.123. The van der Waals surface area contributed by atoms with E-state index < -0.39 is 0 Å². The Morgan fingerprint density at radius 3 is 2.78 bits per heavy atom. The predicted octanol–water partition coefficient (Wildman–Crippen LogP) is 2.53. The first kappa shape index (κ1) is 16.6. The minimum absolute atomic E-state index is 0.123. The predicted molar refractivity (Wildman–Crippen MR) is 92.2 cm³/mol. The number of methoxy groups -OCH3 is 1. The molecule has 2 aromatic rings. The van der Waals surface area contributed by atoms with E-state index in [1.165, 1.54) is 6.21 Å². The molecule has 0 saturated carbocycles. The van der Waals surface area contributed by atoms with Gasteiger partial charge in [0.05, 0.1) is 13.3 Å². The lowest BCUT2D eigenvalue weighted by molar-refractivity contribution is 0.305. The highest BCUT2D eigenvalue weighted by atomic mass is 35.5. The lowest BCUT2D eigenvalue weighted by Crippen LogP contribution is -2.21. The highest BCUT2D eigenvalue weighted by Crippen LogP contribution is 2.23. The highest BCUT2D eigenvalue weighted by molar-refractivity contribution is 6.30. The zero-order chi connectivity index (χ0) is 16.7. The van der Waals surface area contributed by atoms with Gasteiger partial charge in [0.15, 0.2) is 0 Å². The average molecular weight is 333 g/mol. The lowest BCUT2D eigenvalue weighted by Gasteiger charge is -2.10. The third kappa shape index (κ3) is 5.19. The molecular weight excluding hydrogens is 316 g/mol. The van der Waals surface area contributed by atoms with Crippen LogP contribution in [0.15, 0.2) is 52.7 Å². The van der Waals surface area contributed by atoms with Crippen molar-refractivity contribution in [2.24, 2.45) is 21.7 Å². The van der Waals surface area contributed by atoms with Crippen molar-refractivity contribution >= 4 is 23.8 Å². The van der Waals surface area contributed by atoms with Gasteiger partial charge in [-0.25, -0.2) is 0 Å². The van der Waals surface area contributed by atoms with Gasteiger partial charge in [-0.2, -0.15) is 5.10 Å². The number of hydrogen-bond acceptors (Lipinski definition) is 4. The van der Waals surface area contributed by atoms with E-state index in [0.717, 1.165) is 11.3 Å². The summed E-state index contributed by atoms with van der Waals surface area (Å²) in [7, 11) is 1.62. The summed E-state index contributed by atoms with van der Waals surface area (Å²) >= 11 is 6.00. The summed E-state index contributed by atoms with van der Waals surface area (Å²) in [5, 5.41) is 7.90. The fourth-order valence-corrected chi connectivity index (χ4v) is 2.01. The molecule has 120 valence electrons. The first-order valence-electron chi connectivity index (χ1n) is 6.75. The Balaban J connectivity index is 2.15. The number of benzene rings is 2. The Morgan fingerprint density at radius 1 is 1.22 bits per heavy atom. The first-order valence-corrected chi connectivity index (χ1v) is 7.13. The standard InChI is InChI=1S/C16H17ClN4O2/c1-22-14-4-2-3-11(7-14)10-23-15-6-5-13(17)8-12(15)9-20-21-16(18)19/h2-9H,10H2,1H3,(H4,18,19,21).